The normalized spacial score (nSPS) is 13.7. The first-order valence-electron chi connectivity index (χ1n) is 9.08. The molecule has 6 heteroatoms. The number of nitrogens with one attached hydrogen (secondary N) is 1. The Bertz CT molecular complexity index is 861. The number of likely N-dealkylation sites (tertiary alicyclic amines) is 1. The van der Waals surface area contributed by atoms with Crippen LogP contribution in [0, 0.1) is 6.92 Å². The summed E-state index contributed by atoms with van der Waals surface area (Å²) in [5, 5.41) is 4.02. The molecule has 1 aliphatic rings. The van der Waals surface area contributed by atoms with E-state index in [9.17, 15) is 9.59 Å². The molecule has 0 spiro atoms. The van der Waals surface area contributed by atoms with E-state index in [0.29, 0.717) is 27.7 Å². The van der Waals surface area contributed by atoms with Gasteiger partial charge >= 0.3 is 0 Å². The minimum atomic E-state index is -0.151. The van der Waals surface area contributed by atoms with Gasteiger partial charge in [-0.2, -0.15) is 0 Å². The number of halogens is 2. The van der Waals surface area contributed by atoms with Gasteiger partial charge < -0.3 is 10.2 Å². The van der Waals surface area contributed by atoms with Crippen LogP contribution in [0.3, 0.4) is 0 Å². The van der Waals surface area contributed by atoms with Crippen molar-refractivity contribution in [3.8, 4) is 0 Å². The third-order valence-corrected chi connectivity index (χ3v) is 5.38. The lowest BCUT2D eigenvalue weighted by Gasteiger charge is -2.19. The summed E-state index contributed by atoms with van der Waals surface area (Å²) in [5.41, 5.74) is 2.88. The predicted molar refractivity (Wildman–Crippen MR) is 110 cm³/mol. The van der Waals surface area contributed by atoms with Gasteiger partial charge in [-0.1, -0.05) is 41.4 Å². The van der Waals surface area contributed by atoms with Gasteiger partial charge in [0.15, 0.2) is 0 Å². The molecule has 142 valence electrons. The topological polar surface area (TPSA) is 49.4 Å². The van der Waals surface area contributed by atoms with Crippen molar-refractivity contribution in [1.29, 1.82) is 0 Å². The van der Waals surface area contributed by atoms with E-state index in [2.05, 4.69) is 5.32 Å². The van der Waals surface area contributed by atoms with E-state index in [4.69, 9.17) is 23.2 Å². The van der Waals surface area contributed by atoms with Gasteiger partial charge in [0.2, 0.25) is 5.91 Å². The maximum absolute atomic E-state index is 12.9. The number of hydrogen-bond acceptors (Lipinski definition) is 2. The monoisotopic (exact) mass is 404 g/mol. The average Bonchev–Trinajstić information content (AvgIpc) is 3.15. The number of anilines is 1. The lowest BCUT2D eigenvalue weighted by atomic mass is 10.0. The number of carbonyl (C=O) groups is 2. The fraction of sp³-hybridized carbons (Fsp3) is 0.333. The van der Waals surface area contributed by atoms with Crippen LogP contribution in [-0.2, 0) is 11.2 Å². The van der Waals surface area contributed by atoms with Crippen molar-refractivity contribution in [3.63, 3.8) is 0 Å². The van der Waals surface area contributed by atoms with Gasteiger partial charge in [-0.25, -0.2) is 0 Å². The molecule has 2 aromatic rings. The van der Waals surface area contributed by atoms with Gasteiger partial charge in [-0.15, -0.1) is 0 Å². The molecule has 0 radical (unpaired) electrons. The summed E-state index contributed by atoms with van der Waals surface area (Å²) in [4.78, 5) is 27.2. The maximum atomic E-state index is 12.9. The van der Waals surface area contributed by atoms with Crippen molar-refractivity contribution >= 4 is 40.7 Å². The first kappa shape index (κ1) is 19.7. The third-order valence-electron chi connectivity index (χ3n) is 4.79. The highest BCUT2D eigenvalue weighted by molar-refractivity contribution is 6.35. The maximum Gasteiger partial charge on any atom is 0.256 e. The summed E-state index contributed by atoms with van der Waals surface area (Å²) in [6.45, 7) is 3.44. The Morgan fingerprint density at radius 1 is 1.11 bits per heavy atom. The molecule has 4 nitrogen and oxygen atoms in total. The first-order valence-corrected chi connectivity index (χ1v) is 9.84. The summed E-state index contributed by atoms with van der Waals surface area (Å²) >= 11 is 12.1. The van der Waals surface area contributed by atoms with Gasteiger partial charge in [0, 0.05) is 29.6 Å². The van der Waals surface area contributed by atoms with E-state index in [0.717, 1.165) is 37.1 Å². The van der Waals surface area contributed by atoms with Crippen molar-refractivity contribution in [2.24, 2.45) is 0 Å². The number of rotatable bonds is 5. The molecule has 2 amide bonds. The Hall–Kier alpha value is -2.04. The predicted octanol–water partition coefficient (Wildman–Crippen LogP) is 5.11. The summed E-state index contributed by atoms with van der Waals surface area (Å²) in [7, 11) is 0. The number of hydrogen-bond donors (Lipinski definition) is 1. The highest BCUT2D eigenvalue weighted by atomic mass is 35.5. The van der Waals surface area contributed by atoms with E-state index < -0.39 is 0 Å². The zero-order valence-corrected chi connectivity index (χ0v) is 16.7. The van der Waals surface area contributed by atoms with E-state index in [-0.39, 0.29) is 18.2 Å². The molecule has 0 saturated carbocycles. The van der Waals surface area contributed by atoms with E-state index in [1.165, 1.54) is 0 Å². The molecule has 0 aromatic heterocycles. The zero-order chi connectivity index (χ0) is 19.4. The molecule has 1 heterocycles. The Morgan fingerprint density at radius 2 is 1.85 bits per heavy atom. The molecule has 27 heavy (non-hydrogen) atoms. The highest BCUT2D eigenvalue weighted by Crippen LogP contribution is 2.25. The summed E-state index contributed by atoms with van der Waals surface area (Å²) in [6, 6.07) is 10.8. The van der Waals surface area contributed by atoms with Crippen molar-refractivity contribution in [3.05, 3.63) is 63.1 Å². The molecule has 1 saturated heterocycles. The van der Waals surface area contributed by atoms with Crippen molar-refractivity contribution in [2.75, 3.05) is 18.4 Å². The van der Waals surface area contributed by atoms with E-state index in [1.54, 1.807) is 18.2 Å². The van der Waals surface area contributed by atoms with Crippen LogP contribution in [0.5, 0.6) is 0 Å². The van der Waals surface area contributed by atoms with Crippen LogP contribution < -0.4 is 5.32 Å². The minimum Gasteiger partial charge on any atom is -0.339 e. The smallest absolute Gasteiger partial charge is 0.256 e. The van der Waals surface area contributed by atoms with Crippen LogP contribution in [0.25, 0.3) is 0 Å². The molecule has 1 aliphatic heterocycles. The van der Waals surface area contributed by atoms with Crippen LogP contribution in [0.2, 0.25) is 10.0 Å². The third kappa shape index (κ3) is 4.82. The van der Waals surface area contributed by atoms with Crippen LogP contribution in [0.1, 0.15) is 40.7 Å². The highest BCUT2D eigenvalue weighted by Gasteiger charge is 2.24. The standard InChI is InChI=1S/C21H22Cl2N2O2/c1-14-5-4-6-18(20(14)21(27)25-11-2-3-12-25)24-19(26)10-8-15-7-9-16(22)13-17(15)23/h4-7,9,13H,2-3,8,10-12H2,1H3,(H,24,26). The van der Waals surface area contributed by atoms with Gasteiger partial charge in [0.25, 0.3) is 5.91 Å². The van der Waals surface area contributed by atoms with E-state index in [1.807, 2.05) is 30.0 Å². The second-order valence-electron chi connectivity index (χ2n) is 6.78. The fourth-order valence-electron chi connectivity index (χ4n) is 3.32. The van der Waals surface area contributed by atoms with Gasteiger partial charge in [-0.3, -0.25) is 9.59 Å². The molecule has 0 atom stereocenters. The summed E-state index contributed by atoms with van der Waals surface area (Å²) < 4.78 is 0. The Labute approximate surface area is 169 Å². The first-order chi connectivity index (χ1) is 13.0. The van der Waals surface area contributed by atoms with Crippen LogP contribution in [0.4, 0.5) is 5.69 Å². The number of carbonyl (C=O) groups excluding carboxylic acids is 2. The van der Waals surface area contributed by atoms with Crippen LogP contribution >= 0.6 is 23.2 Å². The quantitative estimate of drug-likeness (QED) is 0.752. The second kappa shape index (κ2) is 8.77. The molecular weight excluding hydrogens is 383 g/mol. The fourth-order valence-corrected chi connectivity index (χ4v) is 3.82. The molecule has 1 N–H and O–H groups in total. The Morgan fingerprint density at radius 3 is 2.56 bits per heavy atom. The van der Waals surface area contributed by atoms with Crippen LogP contribution in [0.15, 0.2) is 36.4 Å². The number of benzene rings is 2. The number of amides is 2. The minimum absolute atomic E-state index is 0.0124. The lowest BCUT2D eigenvalue weighted by molar-refractivity contribution is -0.116. The molecular formula is C21H22Cl2N2O2. The molecule has 0 bridgehead atoms. The summed E-state index contributed by atoms with van der Waals surface area (Å²) in [5.74, 6) is -0.163. The molecule has 3 rings (SSSR count). The molecule has 2 aromatic carbocycles. The number of aryl methyl sites for hydroxylation is 2. The van der Waals surface area contributed by atoms with Crippen molar-refractivity contribution < 1.29 is 9.59 Å². The second-order valence-corrected chi connectivity index (χ2v) is 7.62. The Kier molecular flexibility index (Phi) is 6.40. The largest absolute Gasteiger partial charge is 0.339 e. The Balaban J connectivity index is 1.70. The van der Waals surface area contributed by atoms with Gasteiger partial charge in [0.1, 0.15) is 0 Å². The SMILES string of the molecule is Cc1cccc(NC(=O)CCc2ccc(Cl)cc2Cl)c1C(=O)N1CCCC1. The van der Waals surface area contributed by atoms with Crippen molar-refractivity contribution in [1.82, 2.24) is 4.90 Å². The van der Waals surface area contributed by atoms with E-state index >= 15 is 0 Å². The number of nitrogens with zero attached hydrogens (tertiary/aromatic N) is 1. The lowest BCUT2D eigenvalue weighted by Crippen LogP contribution is -2.29. The zero-order valence-electron chi connectivity index (χ0n) is 15.2. The molecule has 0 unspecified atom stereocenters. The molecule has 0 aliphatic carbocycles. The van der Waals surface area contributed by atoms with Gasteiger partial charge in [0.05, 0.1) is 11.3 Å². The van der Waals surface area contributed by atoms with Crippen LogP contribution in [-0.4, -0.2) is 29.8 Å². The summed E-state index contributed by atoms with van der Waals surface area (Å²) in [6.07, 6.45) is 2.83. The molecule has 1 fully saturated rings. The average molecular weight is 405 g/mol. The van der Waals surface area contributed by atoms with Crippen molar-refractivity contribution in [2.45, 2.75) is 32.6 Å². The van der Waals surface area contributed by atoms with Gasteiger partial charge in [-0.05, 0) is 55.5 Å².